The summed E-state index contributed by atoms with van der Waals surface area (Å²) in [5.74, 6) is 0.417. The second-order valence-corrected chi connectivity index (χ2v) is 4.85. The van der Waals surface area contributed by atoms with E-state index in [1.54, 1.807) is 12.1 Å². The van der Waals surface area contributed by atoms with E-state index in [9.17, 15) is 0 Å². The Bertz CT molecular complexity index is 864. The number of fused-ring (bicyclic) bond motifs is 3. The molecule has 0 fully saturated rings. The molecule has 2 N–H and O–H groups in total. The maximum absolute atomic E-state index is 9.08. The van der Waals surface area contributed by atoms with Crippen molar-refractivity contribution in [2.75, 3.05) is 5.73 Å². The number of rotatable bonds is 0. The first kappa shape index (κ1) is 10.5. The van der Waals surface area contributed by atoms with Gasteiger partial charge in [-0.2, -0.15) is 10.5 Å². The number of thiophene rings is 1. The number of benzene rings is 1. The number of nitrogen functional groups attached to an aromatic ring is 1. The highest BCUT2D eigenvalue weighted by Gasteiger charge is 2.12. The largest absolute Gasteiger partial charge is 0.383 e. The van der Waals surface area contributed by atoms with Crippen LogP contribution in [0, 0.1) is 22.7 Å². The van der Waals surface area contributed by atoms with Crippen molar-refractivity contribution in [3.05, 3.63) is 35.5 Å². The molecule has 18 heavy (non-hydrogen) atoms. The number of pyridine rings is 1. The summed E-state index contributed by atoms with van der Waals surface area (Å²) in [7, 11) is 0. The van der Waals surface area contributed by atoms with Crippen molar-refractivity contribution in [2.45, 2.75) is 0 Å². The molecule has 2 heterocycles. The predicted molar refractivity (Wildman–Crippen MR) is 71.0 cm³/mol. The van der Waals surface area contributed by atoms with E-state index in [4.69, 9.17) is 16.3 Å². The average molecular weight is 250 g/mol. The zero-order chi connectivity index (χ0) is 12.7. The van der Waals surface area contributed by atoms with Gasteiger partial charge in [0, 0.05) is 21.7 Å². The van der Waals surface area contributed by atoms with Gasteiger partial charge in [0.05, 0.1) is 21.9 Å². The summed E-state index contributed by atoms with van der Waals surface area (Å²) in [4.78, 5) is 4.04. The number of hydrogen-bond acceptors (Lipinski definition) is 5. The molecule has 5 heteroatoms. The van der Waals surface area contributed by atoms with E-state index in [1.807, 2.05) is 6.07 Å². The van der Waals surface area contributed by atoms with Crippen LogP contribution in [0.2, 0.25) is 0 Å². The fraction of sp³-hybridized carbons (Fsp3) is 0. The second kappa shape index (κ2) is 3.69. The third-order valence-electron chi connectivity index (χ3n) is 2.77. The topological polar surface area (TPSA) is 86.5 Å². The lowest BCUT2D eigenvalue weighted by Crippen LogP contribution is -1.91. The van der Waals surface area contributed by atoms with E-state index in [2.05, 4.69) is 17.1 Å². The van der Waals surface area contributed by atoms with Crippen molar-refractivity contribution >= 4 is 37.3 Å². The molecule has 0 spiro atoms. The molecule has 0 aliphatic rings. The molecule has 1 aromatic carbocycles. The van der Waals surface area contributed by atoms with Gasteiger partial charge in [0.2, 0.25) is 0 Å². The van der Waals surface area contributed by atoms with Crippen molar-refractivity contribution in [1.29, 1.82) is 10.5 Å². The van der Waals surface area contributed by atoms with Crippen LogP contribution in [-0.2, 0) is 0 Å². The summed E-state index contributed by atoms with van der Waals surface area (Å²) in [6, 6.07) is 9.62. The molecule has 4 nitrogen and oxygen atoms in total. The molecule has 3 aromatic rings. The molecule has 0 saturated heterocycles. The first-order valence-electron chi connectivity index (χ1n) is 5.15. The zero-order valence-corrected chi connectivity index (χ0v) is 9.95. The summed E-state index contributed by atoms with van der Waals surface area (Å²) in [6.45, 7) is 0. The highest BCUT2D eigenvalue weighted by atomic mass is 32.1. The Kier molecular flexibility index (Phi) is 2.16. The number of anilines is 1. The van der Waals surface area contributed by atoms with Gasteiger partial charge in [-0.25, -0.2) is 4.98 Å². The molecule has 84 valence electrons. The van der Waals surface area contributed by atoms with Gasteiger partial charge in [0.25, 0.3) is 0 Å². The van der Waals surface area contributed by atoms with E-state index in [-0.39, 0.29) is 0 Å². The normalized spacial score (nSPS) is 10.3. The van der Waals surface area contributed by atoms with E-state index in [1.165, 1.54) is 17.5 Å². The number of nitrogens with zero attached hydrogens (tertiary/aromatic N) is 3. The van der Waals surface area contributed by atoms with Crippen molar-refractivity contribution in [3.8, 4) is 12.1 Å². The standard InChI is InChI=1S/C13H6N4S/c14-4-7-1-2-9-10(3-7)18-12-8(5-15)6-17-13(16)11(9)12/h1-3,6H,(H2,16,17). The lowest BCUT2D eigenvalue weighted by Gasteiger charge is -1.97. The maximum Gasteiger partial charge on any atom is 0.132 e. The smallest absolute Gasteiger partial charge is 0.132 e. The zero-order valence-electron chi connectivity index (χ0n) is 9.14. The van der Waals surface area contributed by atoms with Crippen LogP contribution < -0.4 is 5.73 Å². The molecule has 0 radical (unpaired) electrons. The number of nitriles is 2. The molecule has 0 bridgehead atoms. The third-order valence-corrected chi connectivity index (χ3v) is 3.96. The van der Waals surface area contributed by atoms with Crippen molar-refractivity contribution < 1.29 is 0 Å². The van der Waals surface area contributed by atoms with Crippen molar-refractivity contribution in [2.24, 2.45) is 0 Å². The van der Waals surface area contributed by atoms with E-state index < -0.39 is 0 Å². The fourth-order valence-corrected chi connectivity index (χ4v) is 3.16. The first-order chi connectivity index (χ1) is 8.74. The Balaban J connectivity index is 2.55. The van der Waals surface area contributed by atoms with Gasteiger partial charge in [-0.1, -0.05) is 6.07 Å². The first-order valence-corrected chi connectivity index (χ1v) is 5.97. The van der Waals surface area contributed by atoms with Crippen molar-refractivity contribution in [3.63, 3.8) is 0 Å². The molecule has 2 aromatic heterocycles. The van der Waals surface area contributed by atoms with Crippen LogP contribution in [0.1, 0.15) is 11.1 Å². The Morgan fingerprint density at radius 3 is 2.78 bits per heavy atom. The molecular formula is C13H6N4S. The summed E-state index contributed by atoms with van der Waals surface area (Å²) >= 11 is 1.46. The minimum Gasteiger partial charge on any atom is -0.383 e. The Morgan fingerprint density at radius 2 is 2.06 bits per heavy atom. The molecule has 0 atom stereocenters. The van der Waals surface area contributed by atoms with Gasteiger partial charge >= 0.3 is 0 Å². The lowest BCUT2D eigenvalue weighted by atomic mass is 10.1. The van der Waals surface area contributed by atoms with Gasteiger partial charge in [-0.15, -0.1) is 11.3 Å². The highest BCUT2D eigenvalue weighted by Crippen LogP contribution is 2.38. The minimum atomic E-state index is 0.417. The van der Waals surface area contributed by atoms with Crippen LogP contribution in [0.5, 0.6) is 0 Å². The predicted octanol–water partition coefficient (Wildman–Crippen LogP) is 2.78. The maximum atomic E-state index is 9.08. The monoisotopic (exact) mass is 250 g/mol. The van der Waals surface area contributed by atoms with Gasteiger partial charge in [0.1, 0.15) is 11.9 Å². The molecular weight excluding hydrogens is 244 g/mol. The second-order valence-electron chi connectivity index (χ2n) is 3.80. The molecule has 0 saturated carbocycles. The molecule has 0 aliphatic carbocycles. The van der Waals surface area contributed by atoms with Crippen LogP contribution >= 0.6 is 11.3 Å². The van der Waals surface area contributed by atoms with Gasteiger partial charge in [-0.3, -0.25) is 0 Å². The summed E-state index contributed by atoms with van der Waals surface area (Å²) < 4.78 is 1.77. The SMILES string of the molecule is N#Cc1ccc2c(c1)sc1c(C#N)cnc(N)c12. The summed E-state index contributed by atoms with van der Waals surface area (Å²) in [6.07, 6.45) is 1.48. The van der Waals surface area contributed by atoms with Crippen LogP contribution in [0.15, 0.2) is 24.4 Å². The molecule has 0 amide bonds. The van der Waals surface area contributed by atoms with Gasteiger partial charge in [0.15, 0.2) is 0 Å². The van der Waals surface area contributed by atoms with Crippen molar-refractivity contribution in [1.82, 2.24) is 4.98 Å². The molecule has 0 unspecified atom stereocenters. The third kappa shape index (κ3) is 1.32. The highest BCUT2D eigenvalue weighted by molar-refractivity contribution is 7.26. The Labute approximate surface area is 107 Å². The Morgan fingerprint density at radius 1 is 1.22 bits per heavy atom. The minimum absolute atomic E-state index is 0.417. The number of nitrogens with two attached hydrogens (primary N) is 1. The lowest BCUT2D eigenvalue weighted by molar-refractivity contribution is 1.35. The van der Waals surface area contributed by atoms with E-state index >= 15 is 0 Å². The van der Waals surface area contributed by atoms with Crippen LogP contribution in [-0.4, -0.2) is 4.98 Å². The Hall–Kier alpha value is -2.63. The van der Waals surface area contributed by atoms with Crippen LogP contribution in [0.4, 0.5) is 5.82 Å². The average Bonchev–Trinajstić information content (AvgIpc) is 2.78. The van der Waals surface area contributed by atoms with Gasteiger partial charge in [-0.05, 0) is 12.1 Å². The number of hydrogen-bond donors (Lipinski definition) is 1. The fourth-order valence-electron chi connectivity index (χ4n) is 1.95. The quantitative estimate of drug-likeness (QED) is 0.664. The number of aromatic nitrogens is 1. The molecule has 3 rings (SSSR count). The summed E-state index contributed by atoms with van der Waals surface area (Å²) in [5.41, 5.74) is 6.99. The summed E-state index contributed by atoms with van der Waals surface area (Å²) in [5, 5.41) is 19.7. The van der Waals surface area contributed by atoms with Crippen LogP contribution in [0.3, 0.4) is 0 Å². The van der Waals surface area contributed by atoms with Gasteiger partial charge < -0.3 is 5.73 Å². The molecule has 0 aliphatic heterocycles. The van der Waals surface area contributed by atoms with E-state index in [0.717, 1.165) is 20.2 Å². The van der Waals surface area contributed by atoms with E-state index in [0.29, 0.717) is 16.9 Å². The van der Waals surface area contributed by atoms with Crippen LogP contribution in [0.25, 0.3) is 20.2 Å².